The third kappa shape index (κ3) is 4.08. The molecule has 1 aliphatic rings. The average Bonchev–Trinajstić information content (AvgIpc) is 2.65. The van der Waals surface area contributed by atoms with E-state index in [9.17, 15) is 8.42 Å². The number of halogens is 1. The van der Waals surface area contributed by atoms with E-state index in [1.54, 1.807) is 4.31 Å². The van der Waals surface area contributed by atoms with Crippen LogP contribution in [0.5, 0.6) is 0 Å². The molecular weight excluding hydrogens is 272 g/mol. The molecule has 1 N–H and O–H groups in total. The fraction of sp³-hybridized carbons (Fsp3) is 1.00. The second-order valence-corrected chi connectivity index (χ2v) is 6.98. The molecule has 4 nitrogen and oxygen atoms in total. The lowest BCUT2D eigenvalue weighted by Gasteiger charge is -2.33. The molecule has 1 saturated heterocycles. The Labute approximate surface area is 116 Å². The van der Waals surface area contributed by atoms with Crippen LogP contribution in [0.1, 0.15) is 52.4 Å². The third-order valence-electron chi connectivity index (χ3n) is 3.86. The van der Waals surface area contributed by atoms with Gasteiger partial charge in [0.05, 0.1) is 0 Å². The Bertz CT molecular complexity index is 326. The third-order valence-corrected chi connectivity index (χ3v) is 6.11. The Kier molecular flexibility index (Phi) is 6.38. The van der Waals surface area contributed by atoms with E-state index >= 15 is 0 Å². The minimum atomic E-state index is -3.40. The minimum Gasteiger partial charge on any atom is -0.195 e. The predicted octanol–water partition coefficient (Wildman–Crippen LogP) is 2.49. The average molecular weight is 297 g/mol. The maximum atomic E-state index is 12.4. The molecule has 18 heavy (non-hydrogen) atoms. The zero-order valence-corrected chi connectivity index (χ0v) is 13.0. The van der Waals surface area contributed by atoms with Crippen molar-refractivity contribution >= 4 is 21.8 Å². The highest BCUT2D eigenvalue weighted by Crippen LogP contribution is 2.21. The molecule has 0 spiro atoms. The summed E-state index contributed by atoms with van der Waals surface area (Å²) in [5, 5.41) is 0. The van der Waals surface area contributed by atoms with Crippen LogP contribution in [0.3, 0.4) is 0 Å². The van der Waals surface area contributed by atoms with Crippen LogP contribution in [-0.4, -0.2) is 37.2 Å². The van der Waals surface area contributed by atoms with E-state index in [0.717, 1.165) is 25.7 Å². The molecule has 0 atom stereocenters. The summed E-state index contributed by atoms with van der Waals surface area (Å²) in [5.41, 5.74) is -0.507. The molecule has 108 valence electrons. The summed E-state index contributed by atoms with van der Waals surface area (Å²) in [7, 11) is -3.40. The van der Waals surface area contributed by atoms with Gasteiger partial charge in [0.25, 0.3) is 10.2 Å². The summed E-state index contributed by atoms with van der Waals surface area (Å²) < 4.78 is 29.2. The number of hydrogen-bond acceptors (Lipinski definition) is 2. The molecule has 1 heterocycles. The number of rotatable bonds is 6. The van der Waals surface area contributed by atoms with E-state index in [2.05, 4.69) is 4.72 Å². The molecular formula is C12H25ClN2O2S. The highest BCUT2D eigenvalue weighted by molar-refractivity contribution is 7.87. The fourth-order valence-electron chi connectivity index (χ4n) is 2.23. The van der Waals surface area contributed by atoms with Crippen molar-refractivity contribution in [3.05, 3.63) is 0 Å². The van der Waals surface area contributed by atoms with Crippen LogP contribution in [0.4, 0.5) is 0 Å². The SMILES string of the molecule is CCC(CC)(CCl)NS(=O)(=O)N1CCCCCC1. The number of alkyl halides is 1. The van der Waals surface area contributed by atoms with Crippen molar-refractivity contribution in [2.24, 2.45) is 0 Å². The second-order valence-electron chi connectivity index (χ2n) is 5.04. The summed E-state index contributed by atoms with van der Waals surface area (Å²) in [4.78, 5) is 0. The summed E-state index contributed by atoms with van der Waals surface area (Å²) in [6.07, 6.45) is 5.56. The van der Waals surface area contributed by atoms with Gasteiger partial charge in [0.15, 0.2) is 0 Å². The van der Waals surface area contributed by atoms with Crippen LogP contribution in [0.25, 0.3) is 0 Å². The van der Waals surface area contributed by atoms with Gasteiger partial charge in [0.2, 0.25) is 0 Å². The zero-order chi connectivity index (χ0) is 13.6. The Balaban J connectivity index is 2.78. The van der Waals surface area contributed by atoms with Crippen LogP contribution >= 0.6 is 11.6 Å². The fourth-order valence-corrected chi connectivity index (χ4v) is 4.53. The lowest BCUT2D eigenvalue weighted by molar-refractivity contribution is 0.356. The molecule has 0 saturated carbocycles. The van der Waals surface area contributed by atoms with E-state index in [1.165, 1.54) is 0 Å². The van der Waals surface area contributed by atoms with Crippen molar-refractivity contribution in [1.29, 1.82) is 0 Å². The first-order valence-corrected chi connectivity index (χ1v) is 8.82. The molecule has 1 rings (SSSR count). The van der Waals surface area contributed by atoms with Crippen LogP contribution < -0.4 is 4.72 Å². The Morgan fingerprint density at radius 2 is 1.61 bits per heavy atom. The summed E-state index contributed by atoms with van der Waals surface area (Å²) in [6, 6.07) is 0. The van der Waals surface area contributed by atoms with Crippen molar-refractivity contribution in [1.82, 2.24) is 9.03 Å². The van der Waals surface area contributed by atoms with E-state index in [4.69, 9.17) is 11.6 Å². The van der Waals surface area contributed by atoms with Gasteiger partial charge in [-0.3, -0.25) is 0 Å². The van der Waals surface area contributed by atoms with Crippen molar-refractivity contribution in [2.75, 3.05) is 19.0 Å². The summed E-state index contributed by atoms with van der Waals surface area (Å²) >= 11 is 5.96. The van der Waals surface area contributed by atoms with E-state index < -0.39 is 15.7 Å². The number of nitrogens with one attached hydrogen (secondary N) is 1. The predicted molar refractivity (Wildman–Crippen MR) is 76.1 cm³/mol. The van der Waals surface area contributed by atoms with Gasteiger partial charge in [0, 0.05) is 24.5 Å². The van der Waals surface area contributed by atoms with Gasteiger partial charge in [-0.2, -0.15) is 17.4 Å². The van der Waals surface area contributed by atoms with E-state index in [-0.39, 0.29) is 0 Å². The number of nitrogens with zero attached hydrogens (tertiary/aromatic N) is 1. The molecule has 1 aliphatic heterocycles. The van der Waals surface area contributed by atoms with Gasteiger partial charge in [0.1, 0.15) is 0 Å². The highest BCUT2D eigenvalue weighted by atomic mass is 35.5. The van der Waals surface area contributed by atoms with Crippen LogP contribution in [0.2, 0.25) is 0 Å². The molecule has 0 aromatic carbocycles. The maximum absolute atomic E-state index is 12.4. The van der Waals surface area contributed by atoms with E-state index in [0.29, 0.717) is 31.8 Å². The van der Waals surface area contributed by atoms with Gasteiger partial charge in [-0.05, 0) is 25.7 Å². The van der Waals surface area contributed by atoms with Crippen LogP contribution in [-0.2, 0) is 10.2 Å². The number of hydrogen-bond donors (Lipinski definition) is 1. The first-order chi connectivity index (χ1) is 8.49. The molecule has 6 heteroatoms. The molecule has 0 bridgehead atoms. The van der Waals surface area contributed by atoms with Gasteiger partial charge in [-0.15, -0.1) is 11.6 Å². The first-order valence-electron chi connectivity index (χ1n) is 6.84. The molecule has 0 radical (unpaired) electrons. The molecule has 1 fully saturated rings. The maximum Gasteiger partial charge on any atom is 0.279 e. The van der Waals surface area contributed by atoms with Gasteiger partial charge < -0.3 is 0 Å². The van der Waals surface area contributed by atoms with E-state index in [1.807, 2.05) is 13.8 Å². The summed E-state index contributed by atoms with van der Waals surface area (Å²) in [5.74, 6) is 0.313. The monoisotopic (exact) mass is 296 g/mol. The smallest absolute Gasteiger partial charge is 0.195 e. The topological polar surface area (TPSA) is 49.4 Å². The second kappa shape index (κ2) is 7.08. The van der Waals surface area contributed by atoms with Crippen LogP contribution in [0.15, 0.2) is 0 Å². The molecule has 0 aromatic rings. The standard InChI is InChI=1S/C12H25ClN2O2S/c1-3-12(4-2,11-13)14-18(16,17)15-9-7-5-6-8-10-15/h14H,3-11H2,1-2H3. The quantitative estimate of drug-likeness (QED) is 0.766. The minimum absolute atomic E-state index is 0.313. The lowest BCUT2D eigenvalue weighted by Crippen LogP contribution is -2.54. The normalized spacial score (nSPS) is 19.7. The van der Waals surface area contributed by atoms with Crippen molar-refractivity contribution in [3.63, 3.8) is 0 Å². The molecule has 0 unspecified atom stereocenters. The molecule has 0 aliphatic carbocycles. The highest BCUT2D eigenvalue weighted by Gasteiger charge is 2.33. The van der Waals surface area contributed by atoms with Crippen molar-refractivity contribution in [2.45, 2.75) is 57.9 Å². The zero-order valence-electron chi connectivity index (χ0n) is 11.4. The van der Waals surface area contributed by atoms with Crippen molar-refractivity contribution < 1.29 is 8.42 Å². The first kappa shape index (κ1) is 16.2. The Hall–Kier alpha value is 0.160. The largest absolute Gasteiger partial charge is 0.279 e. The lowest BCUT2D eigenvalue weighted by atomic mass is 9.97. The Morgan fingerprint density at radius 3 is 2.00 bits per heavy atom. The van der Waals surface area contributed by atoms with Crippen LogP contribution in [0, 0.1) is 0 Å². The summed E-state index contributed by atoms with van der Waals surface area (Å²) in [6.45, 7) is 5.19. The van der Waals surface area contributed by atoms with Gasteiger partial charge in [-0.25, -0.2) is 0 Å². The van der Waals surface area contributed by atoms with Gasteiger partial charge >= 0.3 is 0 Å². The van der Waals surface area contributed by atoms with Crippen molar-refractivity contribution in [3.8, 4) is 0 Å². The molecule has 0 amide bonds. The Morgan fingerprint density at radius 1 is 1.11 bits per heavy atom. The van der Waals surface area contributed by atoms with Gasteiger partial charge in [-0.1, -0.05) is 26.7 Å². The molecule has 0 aromatic heterocycles.